The molecule has 0 spiro atoms. The summed E-state index contributed by atoms with van der Waals surface area (Å²) in [6.45, 7) is 5.07. The van der Waals surface area contributed by atoms with Crippen molar-refractivity contribution in [3.05, 3.63) is 65.2 Å². The highest BCUT2D eigenvalue weighted by atomic mass is 16.6. The Labute approximate surface area is 197 Å². The number of nitrogens with two attached hydrogens (primary N) is 1. The van der Waals surface area contributed by atoms with Gasteiger partial charge in [-0.25, -0.2) is 4.79 Å². The SMILES string of the molecule is COC(=O)[C@H](CC(=O)OC(C)(C)C)NC(=O)c1cccc(NC(=O)c2ccc(C(=N)N)cc2)c1. The molecule has 2 aromatic carbocycles. The van der Waals surface area contributed by atoms with Gasteiger partial charge in [-0.2, -0.15) is 0 Å². The van der Waals surface area contributed by atoms with Crippen LogP contribution >= 0.6 is 0 Å². The van der Waals surface area contributed by atoms with Crippen molar-refractivity contribution >= 4 is 35.3 Å². The van der Waals surface area contributed by atoms with Crippen molar-refractivity contribution in [2.75, 3.05) is 12.4 Å². The second-order valence-electron chi connectivity index (χ2n) is 8.37. The Hall–Kier alpha value is -4.21. The number of benzene rings is 2. The van der Waals surface area contributed by atoms with Crippen LogP contribution in [0.25, 0.3) is 0 Å². The molecule has 0 bridgehead atoms. The molecule has 10 nitrogen and oxygen atoms in total. The van der Waals surface area contributed by atoms with Gasteiger partial charge in [0.15, 0.2) is 0 Å². The zero-order valence-corrected chi connectivity index (χ0v) is 19.4. The minimum absolute atomic E-state index is 0.109. The summed E-state index contributed by atoms with van der Waals surface area (Å²) in [5.41, 5.74) is 5.99. The molecule has 10 heteroatoms. The molecule has 0 fully saturated rings. The molecule has 0 aliphatic heterocycles. The number of carbonyl (C=O) groups excluding carboxylic acids is 4. The lowest BCUT2D eigenvalue weighted by molar-refractivity contribution is -0.158. The van der Waals surface area contributed by atoms with Crippen LogP contribution in [0.4, 0.5) is 5.69 Å². The number of rotatable bonds is 8. The molecule has 0 aromatic heterocycles. The summed E-state index contributed by atoms with van der Waals surface area (Å²) in [6.07, 6.45) is -0.400. The van der Waals surface area contributed by atoms with Crippen LogP contribution in [0.15, 0.2) is 48.5 Å². The topological polar surface area (TPSA) is 161 Å². The fourth-order valence-corrected chi connectivity index (χ4v) is 2.87. The first-order valence-electron chi connectivity index (χ1n) is 10.4. The first-order chi connectivity index (χ1) is 15.9. The van der Waals surface area contributed by atoms with E-state index in [2.05, 4.69) is 15.4 Å². The molecule has 0 saturated heterocycles. The molecule has 34 heavy (non-hydrogen) atoms. The molecule has 0 saturated carbocycles. The van der Waals surface area contributed by atoms with Gasteiger partial charge in [0.1, 0.15) is 17.5 Å². The van der Waals surface area contributed by atoms with Crippen molar-refractivity contribution in [2.45, 2.75) is 38.8 Å². The zero-order valence-electron chi connectivity index (χ0n) is 19.4. The van der Waals surface area contributed by atoms with E-state index in [4.69, 9.17) is 15.9 Å². The number of nitrogens with one attached hydrogen (secondary N) is 3. The molecule has 1 atom stereocenters. The van der Waals surface area contributed by atoms with Crippen LogP contribution < -0.4 is 16.4 Å². The second-order valence-corrected chi connectivity index (χ2v) is 8.37. The van der Waals surface area contributed by atoms with Gasteiger partial charge >= 0.3 is 11.9 Å². The second kappa shape index (κ2) is 11.1. The maximum atomic E-state index is 12.7. The number of amides is 2. The molecular formula is C24H28N4O6. The third-order valence-electron chi connectivity index (χ3n) is 4.42. The Balaban J connectivity index is 2.10. The maximum Gasteiger partial charge on any atom is 0.328 e. The third kappa shape index (κ3) is 7.73. The predicted octanol–water partition coefficient (Wildman–Crippen LogP) is 2.23. The standard InChI is InChI=1S/C24H28N4O6/c1-24(2,3)34-19(29)13-18(23(32)33-4)28-22(31)16-6-5-7-17(12-16)27-21(30)15-10-8-14(9-11-15)20(25)26/h5-12,18H,13H2,1-4H3,(H3,25,26)(H,27,30)(H,28,31)/t18-/m0/s1. The lowest BCUT2D eigenvalue weighted by atomic mass is 10.1. The highest BCUT2D eigenvalue weighted by Gasteiger charge is 2.28. The number of methoxy groups -OCH3 is 1. The molecule has 180 valence electrons. The van der Waals surface area contributed by atoms with Gasteiger partial charge in [0, 0.05) is 22.4 Å². The van der Waals surface area contributed by atoms with E-state index in [-0.39, 0.29) is 11.4 Å². The van der Waals surface area contributed by atoms with E-state index in [0.717, 1.165) is 7.11 Å². The molecule has 0 radical (unpaired) electrons. The minimum Gasteiger partial charge on any atom is -0.467 e. The number of nitrogen functional groups attached to an aromatic ring is 1. The lowest BCUT2D eigenvalue weighted by Crippen LogP contribution is -2.43. The average molecular weight is 469 g/mol. The Bertz CT molecular complexity index is 1090. The fraction of sp³-hybridized carbons (Fsp3) is 0.292. The van der Waals surface area contributed by atoms with E-state index in [1.807, 2.05) is 0 Å². The van der Waals surface area contributed by atoms with Crippen LogP contribution in [0.3, 0.4) is 0 Å². The van der Waals surface area contributed by atoms with Crippen LogP contribution in [0.5, 0.6) is 0 Å². The highest BCUT2D eigenvalue weighted by Crippen LogP contribution is 2.15. The Kier molecular flexibility index (Phi) is 8.49. The summed E-state index contributed by atoms with van der Waals surface area (Å²) in [5.74, 6) is -2.63. The largest absolute Gasteiger partial charge is 0.467 e. The number of carbonyl (C=O) groups is 4. The predicted molar refractivity (Wildman–Crippen MR) is 126 cm³/mol. The maximum absolute atomic E-state index is 12.7. The summed E-state index contributed by atoms with van der Waals surface area (Å²) in [7, 11) is 1.15. The van der Waals surface area contributed by atoms with Gasteiger partial charge < -0.3 is 25.8 Å². The van der Waals surface area contributed by atoms with Gasteiger partial charge in [-0.15, -0.1) is 0 Å². The molecule has 0 aliphatic carbocycles. The average Bonchev–Trinajstić information content (AvgIpc) is 2.77. The molecule has 0 heterocycles. The fourth-order valence-electron chi connectivity index (χ4n) is 2.87. The summed E-state index contributed by atoms with van der Waals surface area (Å²) in [5, 5.41) is 12.6. The van der Waals surface area contributed by atoms with E-state index in [1.54, 1.807) is 45.0 Å². The van der Waals surface area contributed by atoms with Crippen molar-refractivity contribution in [2.24, 2.45) is 5.73 Å². The molecule has 2 amide bonds. The van der Waals surface area contributed by atoms with Crippen molar-refractivity contribution in [1.29, 1.82) is 5.41 Å². The first kappa shape index (κ1) is 26.0. The summed E-state index contributed by atoms with van der Waals surface area (Å²) in [6, 6.07) is 11.0. The number of anilines is 1. The van der Waals surface area contributed by atoms with Crippen molar-refractivity contribution in [3.8, 4) is 0 Å². The molecule has 0 aliphatic rings. The smallest absolute Gasteiger partial charge is 0.328 e. The van der Waals surface area contributed by atoms with Crippen molar-refractivity contribution < 1.29 is 28.7 Å². The van der Waals surface area contributed by atoms with Crippen LogP contribution in [0.2, 0.25) is 0 Å². The van der Waals surface area contributed by atoms with Crippen LogP contribution in [-0.4, -0.2) is 48.3 Å². The van der Waals surface area contributed by atoms with Gasteiger partial charge in [-0.05, 0) is 51.1 Å². The van der Waals surface area contributed by atoms with Crippen LogP contribution in [0, 0.1) is 5.41 Å². The normalized spacial score (nSPS) is 11.6. The number of ether oxygens (including phenoxy) is 2. The summed E-state index contributed by atoms with van der Waals surface area (Å²) < 4.78 is 9.90. The molecule has 0 unspecified atom stereocenters. The number of esters is 2. The van der Waals surface area contributed by atoms with Gasteiger partial charge in [0.2, 0.25) is 0 Å². The van der Waals surface area contributed by atoms with Crippen molar-refractivity contribution in [3.63, 3.8) is 0 Å². The summed E-state index contributed by atoms with van der Waals surface area (Å²) in [4.78, 5) is 49.5. The van der Waals surface area contributed by atoms with Crippen molar-refractivity contribution in [1.82, 2.24) is 5.32 Å². The van der Waals surface area contributed by atoms with E-state index >= 15 is 0 Å². The van der Waals surface area contributed by atoms with E-state index in [1.165, 1.54) is 24.3 Å². The first-order valence-corrected chi connectivity index (χ1v) is 10.4. The summed E-state index contributed by atoms with van der Waals surface area (Å²) >= 11 is 0. The molecule has 2 rings (SSSR count). The number of hydrogen-bond acceptors (Lipinski definition) is 7. The van der Waals surface area contributed by atoms with Gasteiger partial charge in [0.25, 0.3) is 11.8 Å². The minimum atomic E-state index is -1.25. The molecule has 2 aromatic rings. The van der Waals surface area contributed by atoms with Gasteiger partial charge in [-0.3, -0.25) is 19.8 Å². The van der Waals surface area contributed by atoms with Gasteiger partial charge in [-0.1, -0.05) is 18.2 Å². The lowest BCUT2D eigenvalue weighted by Gasteiger charge is -2.22. The van der Waals surface area contributed by atoms with E-state index in [9.17, 15) is 19.2 Å². The monoisotopic (exact) mass is 468 g/mol. The Morgan fingerprint density at radius 1 is 0.971 bits per heavy atom. The molecular weight excluding hydrogens is 440 g/mol. The van der Waals surface area contributed by atoms with E-state index < -0.39 is 41.8 Å². The Morgan fingerprint density at radius 2 is 1.59 bits per heavy atom. The van der Waals surface area contributed by atoms with Crippen LogP contribution in [-0.2, 0) is 19.1 Å². The third-order valence-corrected chi connectivity index (χ3v) is 4.42. The quantitative estimate of drug-likeness (QED) is 0.262. The van der Waals surface area contributed by atoms with Gasteiger partial charge in [0.05, 0.1) is 13.5 Å². The zero-order chi connectivity index (χ0) is 25.5. The highest BCUT2D eigenvalue weighted by molar-refractivity contribution is 6.06. The molecule has 5 N–H and O–H groups in total. The van der Waals surface area contributed by atoms with E-state index in [0.29, 0.717) is 16.8 Å². The Morgan fingerprint density at radius 3 is 2.15 bits per heavy atom. The van der Waals surface area contributed by atoms with Crippen LogP contribution in [0.1, 0.15) is 53.5 Å². The number of hydrogen-bond donors (Lipinski definition) is 4. The number of amidine groups is 1.